The number of aliphatic carboxylic acids is 1. The molecule has 0 aromatic rings. The molecule has 1 amide bonds. The minimum atomic E-state index is -1.31. The Balaban J connectivity index is 3.92. The van der Waals surface area contributed by atoms with Crippen LogP contribution in [0, 0.1) is 0 Å². The van der Waals surface area contributed by atoms with Crippen LogP contribution >= 0.6 is 0 Å². The molecule has 15 heavy (non-hydrogen) atoms. The summed E-state index contributed by atoms with van der Waals surface area (Å²) in [6, 6.07) is -0.989. The summed E-state index contributed by atoms with van der Waals surface area (Å²) < 4.78 is 0. The summed E-state index contributed by atoms with van der Waals surface area (Å²) in [5, 5.41) is 12.8. The maximum Gasteiger partial charge on any atom is 0.217 e. The van der Waals surface area contributed by atoms with Crippen LogP contribution in [-0.2, 0) is 9.59 Å². The monoisotopic (exact) mass is 215 g/mol. The van der Waals surface area contributed by atoms with Crippen molar-refractivity contribution in [1.82, 2.24) is 5.32 Å². The van der Waals surface area contributed by atoms with Crippen molar-refractivity contribution >= 4 is 17.8 Å². The number of carbonyl (C=O) groups excluding carboxylic acids is 2. The van der Waals surface area contributed by atoms with Gasteiger partial charge in [-0.15, -0.1) is 0 Å². The molecule has 0 radical (unpaired) electrons. The van der Waals surface area contributed by atoms with Crippen molar-refractivity contribution in [3.63, 3.8) is 0 Å². The Labute approximate surface area is 87.5 Å². The number of nitrogens with zero attached hydrogens (tertiary/aromatic N) is 1. The molecule has 0 aliphatic rings. The van der Waals surface area contributed by atoms with Gasteiger partial charge in [-0.2, -0.15) is 0 Å². The molecule has 0 aliphatic carbocycles. The number of hydrogen-bond donors (Lipinski definition) is 3. The summed E-state index contributed by atoms with van der Waals surface area (Å²) in [5.41, 5.74) is 10.2. The van der Waals surface area contributed by atoms with Gasteiger partial charge in [0, 0.05) is 13.5 Å². The Hall–Kier alpha value is -1.79. The van der Waals surface area contributed by atoms with E-state index in [0.717, 1.165) is 0 Å². The second kappa shape index (κ2) is 6.63. The van der Waals surface area contributed by atoms with Crippen LogP contribution in [0.25, 0.3) is 0 Å². The van der Waals surface area contributed by atoms with Crippen molar-refractivity contribution in [3.05, 3.63) is 0 Å². The smallest absolute Gasteiger partial charge is 0.217 e. The average Bonchev–Trinajstić information content (AvgIpc) is 2.08. The third kappa shape index (κ3) is 7.29. The van der Waals surface area contributed by atoms with Crippen LogP contribution in [0.5, 0.6) is 0 Å². The Morgan fingerprint density at radius 1 is 1.47 bits per heavy atom. The number of carboxylic acids is 1. The quantitative estimate of drug-likeness (QED) is 0.252. The Bertz CT molecular complexity index is 261. The first-order valence-electron chi connectivity index (χ1n) is 4.47. The maximum atomic E-state index is 10.6. The van der Waals surface area contributed by atoms with Gasteiger partial charge in [0.15, 0.2) is 5.96 Å². The van der Waals surface area contributed by atoms with E-state index in [1.807, 2.05) is 0 Å². The highest BCUT2D eigenvalue weighted by Gasteiger charge is 2.09. The van der Waals surface area contributed by atoms with Crippen molar-refractivity contribution < 1.29 is 14.7 Å². The SMILES string of the molecule is CC(=O)NC(CCCN=C(N)N)C(=O)[O-]. The van der Waals surface area contributed by atoms with E-state index in [9.17, 15) is 14.7 Å². The van der Waals surface area contributed by atoms with E-state index in [1.54, 1.807) is 0 Å². The average molecular weight is 215 g/mol. The molecule has 1 unspecified atom stereocenters. The zero-order valence-corrected chi connectivity index (χ0v) is 8.53. The van der Waals surface area contributed by atoms with E-state index in [1.165, 1.54) is 6.92 Å². The molecule has 0 heterocycles. The van der Waals surface area contributed by atoms with Crippen LogP contribution in [0.15, 0.2) is 4.99 Å². The molecule has 7 heteroatoms. The van der Waals surface area contributed by atoms with Crippen molar-refractivity contribution in [2.24, 2.45) is 16.5 Å². The first-order chi connectivity index (χ1) is 6.93. The Morgan fingerprint density at radius 3 is 2.47 bits per heavy atom. The van der Waals surface area contributed by atoms with Crippen LogP contribution in [0.2, 0.25) is 0 Å². The fourth-order valence-electron chi connectivity index (χ4n) is 0.998. The molecule has 0 bridgehead atoms. The molecule has 0 aliphatic heterocycles. The zero-order valence-electron chi connectivity index (χ0n) is 8.53. The van der Waals surface area contributed by atoms with Gasteiger partial charge in [-0.1, -0.05) is 0 Å². The van der Waals surface area contributed by atoms with E-state index in [2.05, 4.69) is 10.3 Å². The second-order valence-corrected chi connectivity index (χ2v) is 3.02. The van der Waals surface area contributed by atoms with Gasteiger partial charge < -0.3 is 26.7 Å². The van der Waals surface area contributed by atoms with Crippen LogP contribution < -0.4 is 21.9 Å². The van der Waals surface area contributed by atoms with Gasteiger partial charge in [0.05, 0.1) is 12.0 Å². The molecule has 0 aromatic carbocycles. The first kappa shape index (κ1) is 13.2. The molecule has 0 aromatic heterocycles. The topological polar surface area (TPSA) is 134 Å². The van der Waals surface area contributed by atoms with Crippen molar-refractivity contribution in [3.8, 4) is 0 Å². The van der Waals surface area contributed by atoms with Gasteiger partial charge in [-0.05, 0) is 12.8 Å². The third-order valence-electron chi connectivity index (χ3n) is 1.61. The highest BCUT2D eigenvalue weighted by atomic mass is 16.4. The number of nitrogens with two attached hydrogens (primary N) is 2. The van der Waals surface area contributed by atoms with Crippen molar-refractivity contribution in [2.75, 3.05) is 6.54 Å². The van der Waals surface area contributed by atoms with E-state index in [4.69, 9.17) is 11.5 Å². The summed E-state index contributed by atoms with van der Waals surface area (Å²) in [6.45, 7) is 1.57. The van der Waals surface area contributed by atoms with Crippen LogP contribution in [0.4, 0.5) is 0 Å². The number of hydrogen-bond acceptors (Lipinski definition) is 4. The fraction of sp³-hybridized carbons (Fsp3) is 0.625. The van der Waals surface area contributed by atoms with Crippen LogP contribution in [0.1, 0.15) is 19.8 Å². The lowest BCUT2D eigenvalue weighted by Crippen LogP contribution is -2.47. The van der Waals surface area contributed by atoms with E-state index in [-0.39, 0.29) is 12.4 Å². The van der Waals surface area contributed by atoms with Gasteiger partial charge in [-0.25, -0.2) is 0 Å². The molecule has 1 atom stereocenters. The molecule has 0 rings (SSSR count). The lowest BCUT2D eigenvalue weighted by Gasteiger charge is -2.17. The summed E-state index contributed by atoms with van der Waals surface area (Å²) in [5.74, 6) is -1.76. The van der Waals surface area contributed by atoms with Crippen LogP contribution in [-0.4, -0.2) is 30.4 Å². The normalized spacial score (nSPS) is 11.5. The van der Waals surface area contributed by atoms with Gasteiger partial charge in [0.2, 0.25) is 5.91 Å². The number of guanidine groups is 1. The number of amides is 1. The summed E-state index contributed by atoms with van der Waals surface area (Å²) in [6.07, 6.45) is 0.690. The summed E-state index contributed by atoms with van der Waals surface area (Å²) in [4.78, 5) is 24.9. The molecule has 0 spiro atoms. The maximum absolute atomic E-state index is 10.6. The lowest BCUT2D eigenvalue weighted by atomic mass is 10.1. The standard InChI is InChI=1S/C8H16N4O3/c1-5(13)12-6(7(14)15)3-2-4-11-8(9)10/h6H,2-4H2,1H3,(H,12,13)(H,14,15)(H4,9,10,11)/p-1. The number of carboxylic acid groups (broad SMARTS) is 1. The molecular formula is C8H15N4O3-. The van der Waals surface area contributed by atoms with E-state index >= 15 is 0 Å². The lowest BCUT2D eigenvalue weighted by molar-refractivity contribution is -0.308. The van der Waals surface area contributed by atoms with Crippen LogP contribution in [0.3, 0.4) is 0 Å². The largest absolute Gasteiger partial charge is 0.548 e. The van der Waals surface area contributed by atoms with Crippen molar-refractivity contribution in [2.45, 2.75) is 25.8 Å². The molecule has 5 N–H and O–H groups in total. The summed E-state index contributed by atoms with van der Waals surface area (Å²) >= 11 is 0. The molecule has 0 saturated carbocycles. The number of rotatable bonds is 6. The Morgan fingerprint density at radius 2 is 2.07 bits per heavy atom. The van der Waals surface area contributed by atoms with E-state index < -0.39 is 17.9 Å². The molecule has 0 saturated heterocycles. The number of carbonyl (C=O) groups is 2. The predicted octanol–water partition coefficient (Wildman–Crippen LogP) is -2.71. The summed E-state index contributed by atoms with van der Waals surface area (Å²) in [7, 11) is 0. The number of nitrogens with one attached hydrogen (secondary N) is 1. The minimum absolute atomic E-state index is 0.0421. The van der Waals surface area contributed by atoms with Gasteiger partial charge in [0.25, 0.3) is 0 Å². The Kier molecular flexibility index (Phi) is 5.84. The molecular weight excluding hydrogens is 200 g/mol. The van der Waals surface area contributed by atoms with Gasteiger partial charge >= 0.3 is 0 Å². The van der Waals surface area contributed by atoms with Gasteiger partial charge in [-0.3, -0.25) is 9.79 Å². The molecule has 0 fully saturated rings. The third-order valence-corrected chi connectivity index (χ3v) is 1.61. The van der Waals surface area contributed by atoms with Crippen molar-refractivity contribution in [1.29, 1.82) is 0 Å². The highest BCUT2D eigenvalue weighted by Crippen LogP contribution is 1.97. The fourth-order valence-corrected chi connectivity index (χ4v) is 0.998. The molecule has 86 valence electrons. The highest BCUT2D eigenvalue weighted by molar-refractivity contribution is 5.81. The molecule has 7 nitrogen and oxygen atoms in total. The predicted molar refractivity (Wildman–Crippen MR) is 52.5 cm³/mol. The zero-order chi connectivity index (χ0) is 11.8. The van der Waals surface area contributed by atoms with E-state index in [0.29, 0.717) is 13.0 Å². The minimum Gasteiger partial charge on any atom is -0.548 e. The first-order valence-corrected chi connectivity index (χ1v) is 4.47. The number of aliphatic imine (C=N–C) groups is 1. The van der Waals surface area contributed by atoms with Gasteiger partial charge in [0.1, 0.15) is 0 Å². The second-order valence-electron chi connectivity index (χ2n) is 3.02.